The van der Waals surface area contributed by atoms with Crippen LogP contribution in [0.25, 0.3) is 0 Å². The number of nitrogens with zero attached hydrogens (tertiary/aromatic N) is 2. The predicted molar refractivity (Wildman–Crippen MR) is 68.2 cm³/mol. The molecule has 19 heavy (non-hydrogen) atoms. The maximum absolute atomic E-state index is 12.0. The first kappa shape index (κ1) is 16.1. The van der Waals surface area contributed by atoms with E-state index in [1.807, 2.05) is 0 Å². The van der Waals surface area contributed by atoms with E-state index in [1.165, 1.54) is 0 Å². The number of sulfone groups is 1. The lowest BCUT2D eigenvalue weighted by Crippen LogP contribution is -2.51. The number of hydrogen-bond acceptors (Lipinski definition) is 7. The summed E-state index contributed by atoms with van der Waals surface area (Å²) >= 11 is 0. The van der Waals surface area contributed by atoms with Crippen LogP contribution in [0.15, 0.2) is 5.16 Å². The van der Waals surface area contributed by atoms with Gasteiger partial charge in [0.2, 0.25) is 10.0 Å². The third-order valence-corrected chi connectivity index (χ3v) is 5.62. The summed E-state index contributed by atoms with van der Waals surface area (Å²) in [5.74, 6) is -1.15. The summed E-state index contributed by atoms with van der Waals surface area (Å²) < 4.78 is 52.2. The molecule has 1 fully saturated rings. The maximum atomic E-state index is 12.0. The van der Waals surface area contributed by atoms with Gasteiger partial charge in [-0.05, 0) is 0 Å². The molecule has 0 aromatic heterocycles. The number of sulfonamides is 1. The van der Waals surface area contributed by atoms with Crippen molar-refractivity contribution in [3.8, 4) is 0 Å². The second-order valence-corrected chi connectivity index (χ2v) is 8.54. The van der Waals surface area contributed by atoms with E-state index in [9.17, 15) is 16.8 Å². The van der Waals surface area contributed by atoms with Gasteiger partial charge in [0.25, 0.3) is 0 Å². The smallest absolute Gasteiger partial charge is 0.215 e. The Morgan fingerprint density at radius 3 is 2.58 bits per heavy atom. The summed E-state index contributed by atoms with van der Waals surface area (Å²) in [5.41, 5.74) is 5.35. The molecule has 1 saturated heterocycles. The molecule has 11 heteroatoms. The molecular formula is C8H17N3O6S2. The first-order valence-corrected chi connectivity index (χ1v) is 9.07. The second kappa shape index (κ2) is 6.03. The van der Waals surface area contributed by atoms with Crippen molar-refractivity contribution in [1.82, 2.24) is 4.31 Å². The van der Waals surface area contributed by atoms with E-state index in [-0.39, 0.29) is 25.5 Å². The van der Waals surface area contributed by atoms with Gasteiger partial charge in [-0.25, -0.2) is 16.8 Å². The third-order valence-electron chi connectivity index (χ3n) is 2.58. The van der Waals surface area contributed by atoms with Crippen molar-refractivity contribution in [1.29, 1.82) is 0 Å². The Morgan fingerprint density at radius 2 is 2.05 bits per heavy atom. The average Bonchev–Trinajstić information content (AvgIpc) is 2.35. The molecule has 1 atom stereocenters. The number of oxime groups is 1. The van der Waals surface area contributed by atoms with Crippen molar-refractivity contribution in [2.45, 2.75) is 6.10 Å². The molecule has 0 spiro atoms. The molecule has 0 bridgehead atoms. The van der Waals surface area contributed by atoms with Gasteiger partial charge < -0.3 is 15.7 Å². The highest BCUT2D eigenvalue weighted by Gasteiger charge is 2.31. The predicted octanol–water partition coefficient (Wildman–Crippen LogP) is -2.19. The molecule has 0 aliphatic carbocycles. The second-order valence-electron chi connectivity index (χ2n) is 4.19. The number of rotatable bonds is 5. The van der Waals surface area contributed by atoms with Crippen LogP contribution in [0, 0.1) is 0 Å². The SMILES string of the molecule is CS(=O)(=O)CCS(=O)(=O)N1CCOC(C(N)=NO)C1. The molecule has 1 aliphatic heterocycles. The van der Waals surface area contributed by atoms with Gasteiger partial charge >= 0.3 is 0 Å². The standard InChI is InChI=1S/C8H17N3O6S2/c1-18(13,14)4-5-19(15,16)11-2-3-17-7(6-11)8(9)10-12/h7,12H,2-6H2,1H3,(H2,9,10). The number of nitrogens with two attached hydrogens (primary N) is 1. The van der Waals surface area contributed by atoms with Crippen molar-refractivity contribution in [2.24, 2.45) is 10.9 Å². The molecule has 0 amide bonds. The Bertz CT molecular complexity index is 541. The summed E-state index contributed by atoms with van der Waals surface area (Å²) in [5, 5.41) is 11.3. The minimum Gasteiger partial charge on any atom is -0.409 e. The Hall–Kier alpha value is -0.910. The number of morpholine rings is 1. The summed E-state index contributed by atoms with van der Waals surface area (Å²) in [6, 6.07) is 0. The lowest BCUT2D eigenvalue weighted by molar-refractivity contribution is 0.0355. The van der Waals surface area contributed by atoms with Gasteiger partial charge in [0.05, 0.1) is 18.1 Å². The molecule has 9 nitrogen and oxygen atoms in total. The van der Waals surface area contributed by atoms with Gasteiger partial charge in [0.15, 0.2) is 5.84 Å². The number of hydrogen-bond donors (Lipinski definition) is 2. The van der Waals surface area contributed by atoms with Crippen LogP contribution in [0.2, 0.25) is 0 Å². The van der Waals surface area contributed by atoms with Gasteiger partial charge in [0.1, 0.15) is 15.9 Å². The highest BCUT2D eigenvalue weighted by atomic mass is 32.2. The largest absolute Gasteiger partial charge is 0.409 e. The quantitative estimate of drug-likeness (QED) is 0.254. The van der Waals surface area contributed by atoms with E-state index in [2.05, 4.69) is 5.16 Å². The van der Waals surface area contributed by atoms with E-state index in [0.29, 0.717) is 0 Å². The summed E-state index contributed by atoms with van der Waals surface area (Å²) in [6.45, 7) is 0.113. The minimum atomic E-state index is -3.71. The monoisotopic (exact) mass is 315 g/mol. The van der Waals surface area contributed by atoms with Crippen molar-refractivity contribution >= 4 is 25.7 Å². The van der Waals surface area contributed by atoms with E-state index < -0.39 is 37.5 Å². The Kier molecular flexibility index (Phi) is 5.12. The topological polar surface area (TPSA) is 139 Å². The lowest BCUT2D eigenvalue weighted by atomic mass is 10.3. The van der Waals surface area contributed by atoms with Crippen LogP contribution in [0.3, 0.4) is 0 Å². The van der Waals surface area contributed by atoms with Crippen LogP contribution < -0.4 is 5.73 Å². The van der Waals surface area contributed by atoms with Crippen LogP contribution >= 0.6 is 0 Å². The summed E-state index contributed by atoms with van der Waals surface area (Å²) in [6.07, 6.45) is 0.146. The molecule has 1 aliphatic rings. The van der Waals surface area contributed by atoms with Gasteiger partial charge in [-0.2, -0.15) is 4.31 Å². The van der Waals surface area contributed by atoms with E-state index in [4.69, 9.17) is 15.7 Å². The number of amidine groups is 1. The van der Waals surface area contributed by atoms with Crippen LogP contribution in [0.1, 0.15) is 0 Å². The first-order valence-electron chi connectivity index (χ1n) is 5.40. The fourth-order valence-electron chi connectivity index (χ4n) is 1.51. The molecule has 112 valence electrons. The van der Waals surface area contributed by atoms with Crippen molar-refractivity contribution in [3.05, 3.63) is 0 Å². The Balaban J connectivity index is 2.73. The van der Waals surface area contributed by atoms with Gasteiger partial charge in [-0.3, -0.25) is 0 Å². The first-order chi connectivity index (χ1) is 8.65. The normalized spacial score (nSPS) is 23.4. The van der Waals surface area contributed by atoms with Gasteiger partial charge in [0, 0.05) is 19.3 Å². The molecule has 0 radical (unpaired) electrons. The lowest BCUT2D eigenvalue weighted by Gasteiger charge is -2.31. The zero-order chi connectivity index (χ0) is 14.7. The molecule has 0 aromatic rings. The van der Waals surface area contributed by atoms with Crippen LogP contribution in [-0.4, -0.2) is 75.7 Å². The molecule has 1 rings (SSSR count). The van der Waals surface area contributed by atoms with Crippen molar-refractivity contribution < 1.29 is 26.8 Å². The van der Waals surface area contributed by atoms with E-state index in [1.54, 1.807) is 0 Å². The third kappa shape index (κ3) is 4.93. The Labute approximate surface area is 112 Å². The summed E-state index contributed by atoms with van der Waals surface area (Å²) in [4.78, 5) is 0. The summed E-state index contributed by atoms with van der Waals surface area (Å²) in [7, 11) is -7.07. The molecule has 1 heterocycles. The minimum absolute atomic E-state index is 0.0952. The van der Waals surface area contributed by atoms with Crippen LogP contribution in [-0.2, 0) is 24.6 Å². The van der Waals surface area contributed by atoms with Gasteiger partial charge in [-0.15, -0.1) is 0 Å². The highest BCUT2D eigenvalue weighted by Crippen LogP contribution is 2.11. The molecular weight excluding hydrogens is 298 g/mol. The van der Waals surface area contributed by atoms with E-state index in [0.717, 1.165) is 10.6 Å². The molecule has 3 N–H and O–H groups in total. The van der Waals surface area contributed by atoms with Crippen LogP contribution in [0.5, 0.6) is 0 Å². The van der Waals surface area contributed by atoms with E-state index >= 15 is 0 Å². The van der Waals surface area contributed by atoms with Crippen LogP contribution in [0.4, 0.5) is 0 Å². The fourth-order valence-corrected chi connectivity index (χ4v) is 4.53. The zero-order valence-corrected chi connectivity index (χ0v) is 12.0. The molecule has 0 aromatic carbocycles. The fraction of sp³-hybridized carbons (Fsp3) is 0.875. The highest BCUT2D eigenvalue weighted by molar-refractivity contribution is 7.93. The number of ether oxygens (including phenoxy) is 1. The van der Waals surface area contributed by atoms with Crippen molar-refractivity contribution in [3.63, 3.8) is 0 Å². The maximum Gasteiger partial charge on any atom is 0.215 e. The average molecular weight is 315 g/mol. The van der Waals surface area contributed by atoms with Crippen molar-refractivity contribution in [2.75, 3.05) is 37.5 Å². The Morgan fingerprint density at radius 1 is 1.42 bits per heavy atom. The molecule has 1 unspecified atom stereocenters. The molecule has 0 saturated carbocycles. The van der Waals surface area contributed by atoms with Gasteiger partial charge in [-0.1, -0.05) is 5.16 Å². The zero-order valence-electron chi connectivity index (χ0n) is 10.4.